The fraction of sp³-hybridized carbons (Fsp3) is 0.300. The Kier molecular flexibility index (Phi) is 6.53. The van der Waals surface area contributed by atoms with Crippen molar-refractivity contribution in [1.29, 1.82) is 5.26 Å². The molecule has 2 aromatic rings. The van der Waals surface area contributed by atoms with Crippen LogP contribution in [0.25, 0.3) is 0 Å². The maximum atomic E-state index is 12.2. The first-order valence-electron chi connectivity index (χ1n) is 8.06. The largest absolute Gasteiger partial charge is 0.388 e. The molecular formula is C20H22N2O2. The molecule has 2 rings (SSSR count). The maximum absolute atomic E-state index is 12.2. The van der Waals surface area contributed by atoms with Crippen LogP contribution >= 0.6 is 0 Å². The third-order valence-electron chi connectivity index (χ3n) is 3.91. The van der Waals surface area contributed by atoms with Crippen molar-refractivity contribution in [3.8, 4) is 6.07 Å². The van der Waals surface area contributed by atoms with Crippen LogP contribution in [-0.2, 0) is 17.6 Å². The molecule has 0 fully saturated rings. The van der Waals surface area contributed by atoms with Gasteiger partial charge in [-0.1, -0.05) is 54.6 Å². The summed E-state index contributed by atoms with van der Waals surface area (Å²) in [4.78, 5) is 12.2. The van der Waals surface area contributed by atoms with E-state index >= 15 is 0 Å². The number of nitrogens with zero attached hydrogens (tertiary/aromatic N) is 1. The number of hydrogen-bond acceptors (Lipinski definition) is 3. The highest BCUT2D eigenvalue weighted by molar-refractivity contribution is 5.79. The first-order chi connectivity index (χ1) is 11.6. The molecule has 0 spiro atoms. The van der Waals surface area contributed by atoms with E-state index in [0.717, 1.165) is 16.7 Å². The standard InChI is InChI=1S/C20H22N2O2/c1-15(13-19(23)17-8-3-2-4-9-17)22-20(24)14-18-10-6-5-7-16(18)11-12-21/h2-10,15,19,23H,11,13-14H2,1H3,(H,22,24). The molecule has 0 aromatic heterocycles. The van der Waals surface area contributed by atoms with Gasteiger partial charge in [0.25, 0.3) is 0 Å². The fourth-order valence-electron chi connectivity index (χ4n) is 2.69. The van der Waals surface area contributed by atoms with Gasteiger partial charge in [-0.2, -0.15) is 5.26 Å². The number of rotatable bonds is 7. The summed E-state index contributed by atoms with van der Waals surface area (Å²) in [5.41, 5.74) is 2.59. The van der Waals surface area contributed by atoms with E-state index in [1.165, 1.54) is 0 Å². The Morgan fingerprint density at radius 2 is 1.75 bits per heavy atom. The van der Waals surface area contributed by atoms with Crippen LogP contribution in [0.15, 0.2) is 54.6 Å². The van der Waals surface area contributed by atoms with Gasteiger partial charge in [0.2, 0.25) is 5.91 Å². The van der Waals surface area contributed by atoms with Gasteiger partial charge in [0, 0.05) is 6.04 Å². The van der Waals surface area contributed by atoms with Crippen LogP contribution in [-0.4, -0.2) is 17.1 Å². The van der Waals surface area contributed by atoms with Crippen LogP contribution < -0.4 is 5.32 Å². The van der Waals surface area contributed by atoms with E-state index < -0.39 is 6.10 Å². The Bertz CT molecular complexity index is 707. The van der Waals surface area contributed by atoms with Gasteiger partial charge in [0.15, 0.2) is 0 Å². The van der Waals surface area contributed by atoms with E-state index in [-0.39, 0.29) is 18.4 Å². The van der Waals surface area contributed by atoms with Crippen molar-refractivity contribution >= 4 is 5.91 Å². The molecule has 2 atom stereocenters. The van der Waals surface area contributed by atoms with Gasteiger partial charge in [-0.15, -0.1) is 0 Å². The highest BCUT2D eigenvalue weighted by atomic mass is 16.3. The lowest BCUT2D eigenvalue weighted by molar-refractivity contribution is -0.121. The quantitative estimate of drug-likeness (QED) is 0.823. The van der Waals surface area contributed by atoms with Gasteiger partial charge in [0.05, 0.1) is 25.0 Å². The van der Waals surface area contributed by atoms with Crippen LogP contribution in [0.4, 0.5) is 0 Å². The molecule has 0 aliphatic heterocycles. The van der Waals surface area contributed by atoms with E-state index in [0.29, 0.717) is 12.8 Å². The van der Waals surface area contributed by atoms with Crippen molar-refractivity contribution in [1.82, 2.24) is 5.32 Å². The van der Waals surface area contributed by atoms with E-state index in [4.69, 9.17) is 5.26 Å². The zero-order chi connectivity index (χ0) is 17.4. The molecule has 4 nitrogen and oxygen atoms in total. The zero-order valence-electron chi connectivity index (χ0n) is 13.8. The number of amides is 1. The van der Waals surface area contributed by atoms with Crippen LogP contribution in [0, 0.1) is 11.3 Å². The first kappa shape index (κ1) is 17.7. The molecule has 0 saturated carbocycles. The van der Waals surface area contributed by atoms with E-state index in [1.807, 2.05) is 61.5 Å². The Hall–Kier alpha value is -2.64. The summed E-state index contributed by atoms with van der Waals surface area (Å²) in [6.07, 6.45) is 0.387. The van der Waals surface area contributed by atoms with Crippen LogP contribution in [0.2, 0.25) is 0 Å². The van der Waals surface area contributed by atoms with Gasteiger partial charge in [-0.3, -0.25) is 4.79 Å². The Labute approximate surface area is 142 Å². The summed E-state index contributed by atoms with van der Waals surface area (Å²) in [6.45, 7) is 1.88. The summed E-state index contributed by atoms with van der Waals surface area (Å²) < 4.78 is 0. The molecule has 0 heterocycles. The minimum absolute atomic E-state index is 0.104. The van der Waals surface area contributed by atoms with Crippen molar-refractivity contribution in [2.24, 2.45) is 0 Å². The minimum Gasteiger partial charge on any atom is -0.388 e. The molecule has 0 aliphatic rings. The highest BCUT2D eigenvalue weighted by Gasteiger charge is 2.15. The Balaban J connectivity index is 1.89. The van der Waals surface area contributed by atoms with Crippen LogP contribution in [0.1, 0.15) is 36.1 Å². The smallest absolute Gasteiger partial charge is 0.224 e. The minimum atomic E-state index is -0.604. The summed E-state index contributed by atoms with van der Waals surface area (Å²) in [7, 11) is 0. The second-order valence-electron chi connectivity index (χ2n) is 5.91. The lowest BCUT2D eigenvalue weighted by Crippen LogP contribution is -2.35. The van der Waals surface area contributed by atoms with E-state index in [9.17, 15) is 9.90 Å². The number of aliphatic hydroxyl groups is 1. The van der Waals surface area contributed by atoms with Gasteiger partial charge in [-0.25, -0.2) is 0 Å². The van der Waals surface area contributed by atoms with Gasteiger partial charge in [-0.05, 0) is 30.0 Å². The van der Waals surface area contributed by atoms with Crippen molar-refractivity contribution in [2.75, 3.05) is 0 Å². The molecule has 2 aromatic carbocycles. The number of hydrogen-bond donors (Lipinski definition) is 2. The third kappa shape index (κ3) is 5.22. The number of nitrogens with one attached hydrogen (secondary N) is 1. The monoisotopic (exact) mass is 322 g/mol. The average molecular weight is 322 g/mol. The summed E-state index contributed by atoms with van der Waals surface area (Å²) >= 11 is 0. The SMILES string of the molecule is CC(CC(O)c1ccccc1)NC(=O)Cc1ccccc1CC#N. The summed E-state index contributed by atoms with van der Waals surface area (Å²) in [6, 6.07) is 18.9. The van der Waals surface area contributed by atoms with Gasteiger partial charge in [0.1, 0.15) is 0 Å². The number of aliphatic hydroxyl groups excluding tert-OH is 1. The normalized spacial score (nSPS) is 12.9. The lowest BCUT2D eigenvalue weighted by Gasteiger charge is -2.18. The molecule has 124 valence electrons. The molecule has 24 heavy (non-hydrogen) atoms. The van der Waals surface area contributed by atoms with Crippen LogP contribution in [0.5, 0.6) is 0 Å². The van der Waals surface area contributed by atoms with E-state index in [1.54, 1.807) is 0 Å². The van der Waals surface area contributed by atoms with Gasteiger partial charge < -0.3 is 10.4 Å². The van der Waals surface area contributed by atoms with Crippen molar-refractivity contribution < 1.29 is 9.90 Å². The number of benzene rings is 2. The lowest BCUT2D eigenvalue weighted by atomic mass is 10.0. The Morgan fingerprint density at radius 1 is 1.12 bits per heavy atom. The second-order valence-corrected chi connectivity index (χ2v) is 5.91. The molecule has 0 aliphatic carbocycles. The highest BCUT2D eigenvalue weighted by Crippen LogP contribution is 2.18. The average Bonchev–Trinajstić information content (AvgIpc) is 2.57. The number of carbonyl (C=O) groups is 1. The summed E-state index contributed by atoms with van der Waals surface area (Å²) in [5.74, 6) is -0.104. The molecular weight excluding hydrogens is 300 g/mol. The van der Waals surface area contributed by atoms with Gasteiger partial charge >= 0.3 is 0 Å². The first-order valence-corrected chi connectivity index (χ1v) is 8.06. The third-order valence-corrected chi connectivity index (χ3v) is 3.91. The molecule has 2 N–H and O–H groups in total. The van der Waals surface area contributed by atoms with Crippen LogP contribution in [0.3, 0.4) is 0 Å². The zero-order valence-corrected chi connectivity index (χ0v) is 13.8. The molecule has 0 bridgehead atoms. The van der Waals surface area contributed by atoms with Crippen molar-refractivity contribution in [3.63, 3.8) is 0 Å². The number of nitriles is 1. The Morgan fingerprint density at radius 3 is 2.42 bits per heavy atom. The molecule has 0 saturated heterocycles. The molecule has 2 unspecified atom stereocenters. The van der Waals surface area contributed by atoms with Crippen molar-refractivity contribution in [2.45, 2.75) is 38.3 Å². The fourth-order valence-corrected chi connectivity index (χ4v) is 2.69. The summed E-state index contributed by atoms with van der Waals surface area (Å²) in [5, 5.41) is 22.0. The number of carbonyl (C=O) groups excluding carboxylic acids is 1. The topological polar surface area (TPSA) is 73.1 Å². The van der Waals surface area contributed by atoms with Crippen molar-refractivity contribution in [3.05, 3.63) is 71.3 Å². The molecule has 1 amide bonds. The predicted molar refractivity (Wildman–Crippen MR) is 93.1 cm³/mol. The molecule has 4 heteroatoms. The second kappa shape index (κ2) is 8.85. The molecule has 0 radical (unpaired) electrons. The van der Waals surface area contributed by atoms with E-state index in [2.05, 4.69) is 11.4 Å². The predicted octanol–water partition coefficient (Wildman–Crippen LogP) is 2.92. The maximum Gasteiger partial charge on any atom is 0.224 e.